The summed E-state index contributed by atoms with van der Waals surface area (Å²) < 4.78 is 0. The van der Waals surface area contributed by atoms with Crippen LogP contribution in [-0.2, 0) is 11.3 Å². The molecule has 1 aromatic carbocycles. The van der Waals surface area contributed by atoms with Crippen molar-refractivity contribution < 1.29 is 9.90 Å². The molecule has 1 rings (SSSR count). The third-order valence-corrected chi connectivity index (χ3v) is 2.20. The van der Waals surface area contributed by atoms with Crippen molar-refractivity contribution >= 4 is 23.3 Å². The van der Waals surface area contributed by atoms with Crippen molar-refractivity contribution in [2.24, 2.45) is 0 Å². The van der Waals surface area contributed by atoms with Gasteiger partial charge in [-0.1, -0.05) is 30.3 Å². The molecule has 0 heterocycles. The Hall–Kier alpha value is -1.62. The summed E-state index contributed by atoms with van der Waals surface area (Å²) in [5.41, 5.74) is 1.12. The van der Waals surface area contributed by atoms with Gasteiger partial charge in [-0.2, -0.15) is 0 Å². The third kappa shape index (κ3) is 5.31. The van der Waals surface area contributed by atoms with E-state index in [2.05, 4.69) is 10.6 Å². The second-order valence-corrected chi connectivity index (χ2v) is 3.63. The lowest BCUT2D eigenvalue weighted by Crippen LogP contribution is -2.37. The highest BCUT2D eigenvalue weighted by molar-refractivity contribution is 7.80. The van der Waals surface area contributed by atoms with Crippen molar-refractivity contribution in [2.45, 2.75) is 13.0 Å². The minimum atomic E-state index is -1.08. The third-order valence-electron chi connectivity index (χ3n) is 1.91. The van der Waals surface area contributed by atoms with Crippen molar-refractivity contribution in [1.82, 2.24) is 10.6 Å². The summed E-state index contributed by atoms with van der Waals surface area (Å²) >= 11 is 4.97. The number of hydrogen-bond acceptors (Lipinski definition) is 3. The zero-order chi connectivity index (χ0) is 11.8. The van der Waals surface area contributed by atoms with Crippen LogP contribution in [0.1, 0.15) is 12.0 Å². The van der Waals surface area contributed by atoms with Crippen LogP contribution >= 0.6 is 12.2 Å². The van der Waals surface area contributed by atoms with Gasteiger partial charge in [0.05, 0.1) is 0 Å². The molecule has 0 atom stereocenters. The normalized spacial score (nSPS) is 9.50. The molecule has 0 aliphatic heterocycles. The Labute approximate surface area is 99.7 Å². The van der Waals surface area contributed by atoms with Gasteiger partial charge in [0, 0.05) is 25.5 Å². The Balaban J connectivity index is 2.18. The average Bonchev–Trinajstić information content (AvgIpc) is 2.27. The number of carbonyl (C=O) groups excluding carboxylic acids is 1. The summed E-state index contributed by atoms with van der Waals surface area (Å²) in [5, 5.41) is 16.4. The van der Waals surface area contributed by atoms with E-state index in [1.54, 1.807) is 0 Å². The average molecular weight is 237 g/mol. The van der Waals surface area contributed by atoms with Crippen LogP contribution in [-0.4, -0.2) is 17.6 Å². The van der Waals surface area contributed by atoms with Crippen molar-refractivity contribution in [1.29, 1.82) is 0 Å². The number of carboxylic acids is 1. The molecule has 0 aromatic heterocycles. The van der Waals surface area contributed by atoms with Gasteiger partial charge in [-0.25, -0.2) is 0 Å². The van der Waals surface area contributed by atoms with E-state index in [1.807, 2.05) is 30.3 Å². The van der Waals surface area contributed by atoms with Crippen LogP contribution < -0.4 is 15.7 Å². The zero-order valence-corrected chi connectivity index (χ0v) is 9.55. The molecule has 0 saturated carbocycles. The minimum Gasteiger partial charge on any atom is -0.550 e. The van der Waals surface area contributed by atoms with Crippen LogP contribution in [0, 0.1) is 0 Å². The van der Waals surface area contributed by atoms with Crippen molar-refractivity contribution in [3.8, 4) is 0 Å². The fraction of sp³-hybridized carbons (Fsp3) is 0.273. The molecule has 0 radical (unpaired) electrons. The summed E-state index contributed by atoms with van der Waals surface area (Å²) in [6.07, 6.45) is -0.0485. The van der Waals surface area contributed by atoms with Crippen molar-refractivity contribution in [2.75, 3.05) is 6.54 Å². The van der Waals surface area contributed by atoms with E-state index in [1.165, 1.54) is 0 Å². The maximum absolute atomic E-state index is 10.1. The van der Waals surface area contributed by atoms with Gasteiger partial charge in [0.15, 0.2) is 5.11 Å². The molecule has 86 valence electrons. The van der Waals surface area contributed by atoms with Crippen LogP contribution in [0.25, 0.3) is 0 Å². The lowest BCUT2D eigenvalue weighted by molar-refractivity contribution is -0.305. The highest BCUT2D eigenvalue weighted by Crippen LogP contribution is 1.96. The van der Waals surface area contributed by atoms with Crippen LogP contribution in [0.5, 0.6) is 0 Å². The first-order valence-corrected chi connectivity index (χ1v) is 5.35. The summed E-state index contributed by atoms with van der Waals surface area (Å²) in [6, 6.07) is 9.81. The summed E-state index contributed by atoms with van der Waals surface area (Å²) in [5.74, 6) is -1.08. The van der Waals surface area contributed by atoms with E-state index in [0.717, 1.165) is 5.56 Å². The number of carboxylic acid groups (broad SMARTS) is 1. The van der Waals surface area contributed by atoms with Crippen LogP contribution in [0.15, 0.2) is 30.3 Å². The lowest BCUT2D eigenvalue weighted by atomic mass is 10.2. The van der Waals surface area contributed by atoms with Gasteiger partial charge >= 0.3 is 0 Å². The molecule has 2 N–H and O–H groups in total. The Morgan fingerprint density at radius 2 is 1.94 bits per heavy atom. The van der Waals surface area contributed by atoms with Crippen LogP contribution in [0.4, 0.5) is 0 Å². The number of thiocarbonyl (C=S) groups is 1. The maximum Gasteiger partial charge on any atom is 0.166 e. The van der Waals surface area contributed by atoms with Crippen molar-refractivity contribution in [3.63, 3.8) is 0 Å². The van der Waals surface area contributed by atoms with E-state index in [9.17, 15) is 9.90 Å². The summed E-state index contributed by atoms with van der Waals surface area (Å²) in [6.45, 7) is 0.904. The summed E-state index contributed by atoms with van der Waals surface area (Å²) in [4.78, 5) is 10.1. The molecule has 0 bridgehead atoms. The van der Waals surface area contributed by atoms with E-state index in [0.29, 0.717) is 11.7 Å². The van der Waals surface area contributed by atoms with Gasteiger partial charge in [-0.05, 0) is 17.8 Å². The topological polar surface area (TPSA) is 64.2 Å². The predicted octanol–water partition coefficient (Wildman–Crippen LogP) is -0.209. The van der Waals surface area contributed by atoms with Crippen molar-refractivity contribution in [3.05, 3.63) is 35.9 Å². The largest absolute Gasteiger partial charge is 0.550 e. The standard InChI is InChI=1S/C11H14N2O2S/c14-10(15)6-7-12-11(16)13-8-9-4-2-1-3-5-9/h1-5H,6-8H2,(H,14,15)(H2,12,13,16)/p-1. The first-order valence-electron chi connectivity index (χ1n) is 4.94. The molecule has 1 aromatic rings. The quantitative estimate of drug-likeness (QED) is 0.694. The lowest BCUT2D eigenvalue weighted by Gasteiger charge is -2.10. The predicted molar refractivity (Wildman–Crippen MR) is 63.5 cm³/mol. The molecule has 0 unspecified atom stereocenters. The number of aliphatic carboxylic acids is 1. The number of benzene rings is 1. The Bertz CT molecular complexity index is 354. The molecule has 0 aliphatic rings. The Kier molecular flexibility index (Phi) is 5.28. The Morgan fingerprint density at radius 3 is 2.56 bits per heavy atom. The molecule has 0 saturated heterocycles. The van der Waals surface area contributed by atoms with E-state index >= 15 is 0 Å². The first kappa shape index (κ1) is 12.4. The first-order chi connectivity index (χ1) is 7.68. The second kappa shape index (κ2) is 6.79. The highest BCUT2D eigenvalue weighted by Gasteiger charge is 1.95. The highest BCUT2D eigenvalue weighted by atomic mass is 32.1. The van der Waals surface area contributed by atoms with Crippen LogP contribution in [0.2, 0.25) is 0 Å². The monoisotopic (exact) mass is 237 g/mol. The number of nitrogens with one attached hydrogen (secondary N) is 2. The Morgan fingerprint density at radius 1 is 1.25 bits per heavy atom. The number of carbonyl (C=O) groups is 1. The molecule has 0 aliphatic carbocycles. The van der Waals surface area contributed by atoms with Crippen LogP contribution in [0.3, 0.4) is 0 Å². The number of rotatable bonds is 5. The molecule has 0 fully saturated rings. The maximum atomic E-state index is 10.1. The van der Waals surface area contributed by atoms with Gasteiger partial charge in [-0.15, -0.1) is 0 Å². The minimum absolute atomic E-state index is 0.0485. The zero-order valence-electron chi connectivity index (χ0n) is 8.73. The van der Waals surface area contributed by atoms with Gasteiger partial charge in [0.25, 0.3) is 0 Å². The molecule has 4 nitrogen and oxygen atoms in total. The van der Waals surface area contributed by atoms with Gasteiger partial charge < -0.3 is 20.5 Å². The molecule has 16 heavy (non-hydrogen) atoms. The van der Waals surface area contributed by atoms with E-state index in [-0.39, 0.29) is 13.0 Å². The number of hydrogen-bond donors (Lipinski definition) is 2. The van der Waals surface area contributed by atoms with E-state index < -0.39 is 5.97 Å². The molecular weight excluding hydrogens is 224 g/mol. The molecular formula is C11H13N2O2S-. The summed E-state index contributed by atoms with van der Waals surface area (Å²) in [7, 11) is 0. The van der Waals surface area contributed by atoms with Gasteiger partial charge in [0.1, 0.15) is 0 Å². The van der Waals surface area contributed by atoms with Gasteiger partial charge in [-0.3, -0.25) is 0 Å². The molecule has 0 spiro atoms. The fourth-order valence-corrected chi connectivity index (χ4v) is 1.29. The second-order valence-electron chi connectivity index (χ2n) is 3.22. The van der Waals surface area contributed by atoms with E-state index in [4.69, 9.17) is 12.2 Å². The fourth-order valence-electron chi connectivity index (χ4n) is 1.12. The molecule has 0 amide bonds. The van der Waals surface area contributed by atoms with Gasteiger partial charge in [0.2, 0.25) is 0 Å². The smallest absolute Gasteiger partial charge is 0.166 e. The molecule has 5 heteroatoms. The SMILES string of the molecule is O=C([O-])CCNC(=S)NCc1ccccc1.